The lowest BCUT2D eigenvalue weighted by molar-refractivity contribution is 0.355. The zero-order valence-corrected chi connectivity index (χ0v) is 17.0. The van der Waals surface area contributed by atoms with Crippen molar-refractivity contribution in [3.05, 3.63) is 66.6 Å². The van der Waals surface area contributed by atoms with Gasteiger partial charge in [-0.25, -0.2) is 9.97 Å². The summed E-state index contributed by atoms with van der Waals surface area (Å²) in [6, 6.07) is 14.2. The molecule has 2 heterocycles. The lowest BCUT2D eigenvalue weighted by atomic mass is 10.0. The van der Waals surface area contributed by atoms with Gasteiger partial charge >= 0.3 is 0 Å². The second-order valence-electron chi connectivity index (χ2n) is 7.08. The number of rotatable bonds is 6. The number of nitrogens with one attached hydrogen (secondary N) is 1. The van der Waals surface area contributed by atoms with Gasteiger partial charge in [0.05, 0.1) is 26.1 Å². The second-order valence-corrected chi connectivity index (χ2v) is 7.08. The van der Waals surface area contributed by atoms with Gasteiger partial charge in [-0.1, -0.05) is 26.0 Å². The summed E-state index contributed by atoms with van der Waals surface area (Å²) in [6.45, 7) is 4.37. The Kier molecular flexibility index (Phi) is 5.08. The average molecular weight is 388 g/mol. The van der Waals surface area contributed by atoms with E-state index in [9.17, 15) is 0 Å². The first kappa shape index (κ1) is 18.8. The van der Waals surface area contributed by atoms with Crippen LogP contribution in [-0.2, 0) is 0 Å². The van der Waals surface area contributed by atoms with Gasteiger partial charge < -0.3 is 14.8 Å². The lowest BCUT2D eigenvalue weighted by Crippen LogP contribution is -1.99. The van der Waals surface area contributed by atoms with E-state index in [0.29, 0.717) is 23.2 Å². The molecule has 29 heavy (non-hydrogen) atoms. The normalized spacial score (nSPS) is 11.1. The Morgan fingerprint density at radius 3 is 2.38 bits per heavy atom. The number of imidazole rings is 1. The Labute approximate surface area is 170 Å². The average Bonchev–Trinajstić information content (AvgIpc) is 3.19. The smallest absolute Gasteiger partial charge is 0.180 e. The van der Waals surface area contributed by atoms with E-state index in [1.807, 2.05) is 35.0 Å². The molecule has 0 fully saturated rings. The quantitative estimate of drug-likeness (QED) is 0.487. The molecular weight excluding hydrogens is 364 g/mol. The van der Waals surface area contributed by atoms with Crippen molar-refractivity contribution in [2.24, 2.45) is 0 Å². The maximum Gasteiger partial charge on any atom is 0.180 e. The van der Waals surface area contributed by atoms with Gasteiger partial charge in [-0.05, 0) is 41.8 Å². The fourth-order valence-electron chi connectivity index (χ4n) is 3.30. The minimum Gasteiger partial charge on any atom is -0.493 e. The summed E-state index contributed by atoms with van der Waals surface area (Å²) >= 11 is 0. The van der Waals surface area contributed by atoms with Crippen LogP contribution < -0.4 is 14.8 Å². The third-order valence-corrected chi connectivity index (χ3v) is 4.95. The van der Waals surface area contributed by atoms with Crippen molar-refractivity contribution < 1.29 is 9.47 Å². The van der Waals surface area contributed by atoms with Gasteiger partial charge in [-0.2, -0.15) is 0 Å². The highest BCUT2D eigenvalue weighted by atomic mass is 16.5. The van der Waals surface area contributed by atoms with Gasteiger partial charge in [0.25, 0.3) is 0 Å². The molecule has 6 nitrogen and oxygen atoms in total. The molecule has 0 aliphatic rings. The molecule has 6 heteroatoms. The number of hydrogen-bond donors (Lipinski definition) is 1. The highest BCUT2D eigenvalue weighted by molar-refractivity contribution is 5.75. The van der Waals surface area contributed by atoms with Crippen LogP contribution >= 0.6 is 0 Å². The standard InChI is InChI=1S/C23H24N4O2/c1-15(2)16-5-8-18(9-6-16)26-22-23-25-14-19(27(23)12-11-24-22)17-7-10-20(28-3)21(13-17)29-4/h5-15H,1-4H3,(H,24,26). The van der Waals surface area contributed by atoms with Crippen LogP contribution in [0.4, 0.5) is 11.5 Å². The molecule has 4 rings (SSSR count). The largest absolute Gasteiger partial charge is 0.493 e. The van der Waals surface area contributed by atoms with E-state index in [4.69, 9.17) is 9.47 Å². The second kappa shape index (κ2) is 7.83. The predicted molar refractivity (Wildman–Crippen MR) is 115 cm³/mol. The van der Waals surface area contributed by atoms with Crippen LogP contribution in [0.25, 0.3) is 16.9 Å². The van der Waals surface area contributed by atoms with Crippen molar-refractivity contribution in [1.29, 1.82) is 0 Å². The first-order valence-corrected chi connectivity index (χ1v) is 9.52. The Morgan fingerprint density at radius 1 is 0.931 bits per heavy atom. The zero-order valence-electron chi connectivity index (χ0n) is 17.0. The molecule has 0 unspecified atom stereocenters. The van der Waals surface area contributed by atoms with Crippen LogP contribution in [0, 0.1) is 0 Å². The predicted octanol–water partition coefficient (Wildman–Crippen LogP) is 5.28. The van der Waals surface area contributed by atoms with Crippen molar-refractivity contribution in [1.82, 2.24) is 14.4 Å². The third-order valence-electron chi connectivity index (χ3n) is 4.95. The van der Waals surface area contributed by atoms with Crippen molar-refractivity contribution in [2.45, 2.75) is 19.8 Å². The summed E-state index contributed by atoms with van der Waals surface area (Å²) in [5.74, 6) is 2.58. The van der Waals surface area contributed by atoms with Crippen molar-refractivity contribution in [3.63, 3.8) is 0 Å². The number of ether oxygens (including phenoxy) is 2. The minimum atomic E-state index is 0.502. The van der Waals surface area contributed by atoms with E-state index in [1.165, 1.54) is 5.56 Å². The monoisotopic (exact) mass is 388 g/mol. The van der Waals surface area contributed by atoms with E-state index < -0.39 is 0 Å². The van der Waals surface area contributed by atoms with E-state index in [1.54, 1.807) is 20.4 Å². The minimum absolute atomic E-state index is 0.502. The highest BCUT2D eigenvalue weighted by Crippen LogP contribution is 2.33. The molecule has 0 radical (unpaired) electrons. The van der Waals surface area contributed by atoms with Crippen LogP contribution in [0.2, 0.25) is 0 Å². The van der Waals surface area contributed by atoms with Gasteiger partial charge in [0.15, 0.2) is 23.0 Å². The van der Waals surface area contributed by atoms with E-state index in [-0.39, 0.29) is 0 Å². The number of hydrogen-bond acceptors (Lipinski definition) is 5. The fraction of sp³-hybridized carbons (Fsp3) is 0.217. The third kappa shape index (κ3) is 3.61. The highest BCUT2D eigenvalue weighted by Gasteiger charge is 2.13. The Morgan fingerprint density at radius 2 is 1.69 bits per heavy atom. The summed E-state index contributed by atoms with van der Waals surface area (Å²) in [4.78, 5) is 9.09. The Balaban J connectivity index is 1.70. The van der Waals surface area contributed by atoms with Crippen molar-refractivity contribution in [2.75, 3.05) is 19.5 Å². The molecule has 0 saturated carbocycles. The molecule has 0 aliphatic heterocycles. The van der Waals surface area contributed by atoms with Gasteiger partial charge in [-0.15, -0.1) is 0 Å². The van der Waals surface area contributed by atoms with Gasteiger partial charge in [-0.3, -0.25) is 4.40 Å². The number of methoxy groups -OCH3 is 2. The topological polar surface area (TPSA) is 60.7 Å². The first-order chi connectivity index (χ1) is 14.1. The fourth-order valence-corrected chi connectivity index (χ4v) is 3.30. The molecule has 0 amide bonds. The zero-order chi connectivity index (χ0) is 20.4. The van der Waals surface area contributed by atoms with Crippen LogP contribution in [0.5, 0.6) is 11.5 Å². The van der Waals surface area contributed by atoms with Crippen molar-refractivity contribution >= 4 is 17.2 Å². The molecule has 0 bridgehead atoms. The molecule has 2 aromatic heterocycles. The lowest BCUT2D eigenvalue weighted by Gasteiger charge is -2.11. The Bertz CT molecular complexity index is 1130. The maximum absolute atomic E-state index is 5.44. The van der Waals surface area contributed by atoms with E-state index >= 15 is 0 Å². The number of fused-ring (bicyclic) bond motifs is 1. The summed E-state index contributed by atoms with van der Waals surface area (Å²) < 4.78 is 12.8. The number of benzene rings is 2. The van der Waals surface area contributed by atoms with Gasteiger partial charge in [0.1, 0.15) is 0 Å². The van der Waals surface area contributed by atoms with Crippen molar-refractivity contribution in [3.8, 4) is 22.8 Å². The molecule has 1 N–H and O–H groups in total. The molecular formula is C23H24N4O2. The summed E-state index contributed by atoms with van der Waals surface area (Å²) in [7, 11) is 3.26. The summed E-state index contributed by atoms with van der Waals surface area (Å²) in [6.07, 6.45) is 5.51. The van der Waals surface area contributed by atoms with Gasteiger partial charge in [0, 0.05) is 23.6 Å². The summed E-state index contributed by atoms with van der Waals surface area (Å²) in [5, 5.41) is 3.38. The van der Waals surface area contributed by atoms with Crippen LogP contribution in [0.3, 0.4) is 0 Å². The van der Waals surface area contributed by atoms with Crippen LogP contribution in [0.15, 0.2) is 61.1 Å². The molecule has 0 spiro atoms. The maximum atomic E-state index is 5.44. The number of aromatic nitrogens is 3. The van der Waals surface area contributed by atoms with E-state index in [0.717, 1.165) is 22.6 Å². The molecule has 0 saturated heterocycles. The number of nitrogens with zero attached hydrogens (tertiary/aromatic N) is 3. The molecule has 0 aliphatic carbocycles. The Hall–Kier alpha value is -3.54. The molecule has 0 atom stereocenters. The molecule has 2 aromatic carbocycles. The van der Waals surface area contributed by atoms with Gasteiger partial charge in [0.2, 0.25) is 0 Å². The van der Waals surface area contributed by atoms with Crippen LogP contribution in [-0.4, -0.2) is 28.6 Å². The first-order valence-electron chi connectivity index (χ1n) is 9.52. The SMILES string of the molecule is COc1ccc(-c2cnc3c(Nc4ccc(C(C)C)cc4)nccn23)cc1OC. The van der Waals surface area contributed by atoms with Crippen LogP contribution in [0.1, 0.15) is 25.3 Å². The van der Waals surface area contributed by atoms with E-state index in [2.05, 4.69) is 53.4 Å². The summed E-state index contributed by atoms with van der Waals surface area (Å²) in [5.41, 5.74) is 4.96. The molecule has 4 aromatic rings. The molecule has 148 valence electrons. The number of anilines is 2.